The smallest absolute Gasteiger partial charge is 0.310 e. The van der Waals surface area contributed by atoms with E-state index >= 15 is 0 Å². The monoisotopic (exact) mass is 229 g/mol. The van der Waals surface area contributed by atoms with E-state index in [9.17, 15) is 14.7 Å². The number of ether oxygens (including phenoxy) is 1. The Morgan fingerprint density at radius 3 is 2.19 bits per heavy atom. The molecule has 0 spiro atoms. The van der Waals surface area contributed by atoms with Gasteiger partial charge in [-0.3, -0.25) is 9.59 Å². The van der Waals surface area contributed by atoms with Gasteiger partial charge < -0.3 is 15.6 Å². The Morgan fingerprint density at radius 2 is 1.75 bits per heavy atom. The Morgan fingerprint density at radius 1 is 1.25 bits per heavy atom. The zero-order valence-corrected chi connectivity index (χ0v) is 9.90. The van der Waals surface area contributed by atoms with E-state index in [0.717, 1.165) is 0 Å². The summed E-state index contributed by atoms with van der Waals surface area (Å²) in [7, 11) is 0. The van der Waals surface area contributed by atoms with Gasteiger partial charge in [-0.25, -0.2) is 0 Å². The van der Waals surface area contributed by atoms with Gasteiger partial charge in [0.2, 0.25) is 5.91 Å². The molecular weight excluding hydrogens is 210 g/mol. The lowest BCUT2D eigenvalue weighted by atomic mass is 9.95. The molecule has 0 aromatic rings. The number of amides is 1. The molecule has 3 atom stereocenters. The highest BCUT2D eigenvalue weighted by Gasteiger charge is 2.43. The summed E-state index contributed by atoms with van der Waals surface area (Å²) >= 11 is 0. The summed E-state index contributed by atoms with van der Waals surface area (Å²) in [5, 5.41) is 9.45. The molecule has 0 bridgehead atoms. The molecule has 0 unspecified atom stereocenters. The average Bonchev–Trinajstić information content (AvgIpc) is 2.44. The average molecular weight is 229 g/mol. The number of carbonyl (C=O) groups is 2. The van der Waals surface area contributed by atoms with E-state index < -0.39 is 35.4 Å². The van der Waals surface area contributed by atoms with Crippen LogP contribution in [0.1, 0.15) is 33.6 Å². The fourth-order valence-electron chi connectivity index (χ4n) is 1.96. The van der Waals surface area contributed by atoms with Crippen LogP contribution in [-0.2, 0) is 14.3 Å². The number of nitrogens with two attached hydrogens (primary N) is 1. The lowest BCUT2D eigenvalue weighted by Gasteiger charge is -2.23. The minimum Gasteiger partial charge on any atom is -0.460 e. The molecule has 0 aliphatic heterocycles. The van der Waals surface area contributed by atoms with Crippen molar-refractivity contribution in [2.45, 2.75) is 45.3 Å². The van der Waals surface area contributed by atoms with Crippen molar-refractivity contribution in [1.82, 2.24) is 0 Å². The molecule has 0 saturated heterocycles. The first kappa shape index (κ1) is 13.0. The fraction of sp³-hybridized carbons (Fsp3) is 0.818. The van der Waals surface area contributed by atoms with Crippen LogP contribution in [0.3, 0.4) is 0 Å². The van der Waals surface area contributed by atoms with E-state index in [2.05, 4.69) is 0 Å². The van der Waals surface area contributed by atoms with Crippen molar-refractivity contribution in [2.24, 2.45) is 17.6 Å². The molecule has 0 radical (unpaired) electrons. The molecule has 3 N–H and O–H groups in total. The minimum absolute atomic E-state index is 0.249. The van der Waals surface area contributed by atoms with Crippen LogP contribution in [0.25, 0.3) is 0 Å². The van der Waals surface area contributed by atoms with E-state index in [0.29, 0.717) is 0 Å². The van der Waals surface area contributed by atoms with Crippen molar-refractivity contribution in [3.8, 4) is 0 Å². The van der Waals surface area contributed by atoms with Crippen LogP contribution in [0.5, 0.6) is 0 Å². The molecule has 0 heterocycles. The number of hydrogen-bond donors (Lipinski definition) is 2. The van der Waals surface area contributed by atoms with Crippen molar-refractivity contribution >= 4 is 11.9 Å². The van der Waals surface area contributed by atoms with Gasteiger partial charge in [-0.15, -0.1) is 0 Å². The summed E-state index contributed by atoms with van der Waals surface area (Å²) in [6.45, 7) is 5.28. The van der Waals surface area contributed by atoms with Crippen molar-refractivity contribution in [3.05, 3.63) is 0 Å². The zero-order valence-electron chi connectivity index (χ0n) is 9.90. The molecule has 5 nitrogen and oxygen atoms in total. The second-order valence-electron chi connectivity index (χ2n) is 5.27. The third kappa shape index (κ3) is 3.20. The number of aliphatic hydroxyl groups excluding tert-OH is 1. The minimum atomic E-state index is -0.644. The first-order chi connectivity index (χ1) is 7.20. The maximum absolute atomic E-state index is 11.8. The standard InChI is InChI=1S/C11H19NO4/c1-11(2,3)16-10(15)8-5-6(13)4-7(8)9(12)14/h6-8,13H,4-5H2,1-3H3,(H2,12,14)/t6-,7+,8+/m0/s1. The predicted octanol–water partition coefficient (Wildman–Crippen LogP) is 0.201. The van der Waals surface area contributed by atoms with Crippen molar-refractivity contribution < 1.29 is 19.4 Å². The first-order valence-corrected chi connectivity index (χ1v) is 5.41. The van der Waals surface area contributed by atoms with Gasteiger partial charge in [-0.2, -0.15) is 0 Å². The van der Waals surface area contributed by atoms with Crippen molar-refractivity contribution in [1.29, 1.82) is 0 Å². The molecule has 1 amide bonds. The fourth-order valence-corrected chi connectivity index (χ4v) is 1.96. The number of rotatable bonds is 2. The second-order valence-corrected chi connectivity index (χ2v) is 5.27. The van der Waals surface area contributed by atoms with Gasteiger partial charge in [-0.05, 0) is 33.6 Å². The van der Waals surface area contributed by atoms with Crippen LogP contribution < -0.4 is 5.73 Å². The number of primary amides is 1. The Labute approximate surface area is 95.0 Å². The topological polar surface area (TPSA) is 89.6 Å². The molecule has 1 saturated carbocycles. The van der Waals surface area contributed by atoms with Gasteiger partial charge >= 0.3 is 5.97 Å². The SMILES string of the molecule is CC(C)(C)OC(=O)[C@@H]1C[C@@H](O)C[C@H]1C(N)=O. The van der Waals surface area contributed by atoms with E-state index in [-0.39, 0.29) is 12.8 Å². The maximum atomic E-state index is 11.8. The highest BCUT2D eigenvalue weighted by molar-refractivity contribution is 5.85. The molecule has 5 heteroatoms. The van der Waals surface area contributed by atoms with Crippen LogP contribution in [0.15, 0.2) is 0 Å². The lowest BCUT2D eigenvalue weighted by molar-refractivity contribution is -0.162. The molecule has 1 aliphatic carbocycles. The molecule has 0 aromatic heterocycles. The normalized spacial score (nSPS) is 30.1. The van der Waals surface area contributed by atoms with Gasteiger partial charge in [0, 0.05) is 0 Å². The molecule has 1 fully saturated rings. The third-order valence-electron chi connectivity index (χ3n) is 2.61. The summed E-state index contributed by atoms with van der Waals surface area (Å²) in [5.74, 6) is -2.21. The van der Waals surface area contributed by atoms with Crippen LogP contribution >= 0.6 is 0 Å². The summed E-state index contributed by atoms with van der Waals surface area (Å²) in [6.07, 6.45) is -0.142. The van der Waals surface area contributed by atoms with Crippen LogP contribution in [-0.4, -0.2) is 28.7 Å². The Bertz CT molecular complexity index is 295. The number of esters is 1. The molecule has 1 rings (SSSR count). The first-order valence-electron chi connectivity index (χ1n) is 5.41. The summed E-state index contributed by atoms with van der Waals surface area (Å²) < 4.78 is 5.19. The molecule has 92 valence electrons. The zero-order chi connectivity index (χ0) is 12.5. The number of carbonyl (C=O) groups excluding carboxylic acids is 2. The third-order valence-corrected chi connectivity index (χ3v) is 2.61. The van der Waals surface area contributed by atoms with Crippen molar-refractivity contribution in [3.63, 3.8) is 0 Å². The highest BCUT2D eigenvalue weighted by Crippen LogP contribution is 2.33. The quantitative estimate of drug-likeness (QED) is 0.662. The van der Waals surface area contributed by atoms with Gasteiger partial charge in [0.1, 0.15) is 5.60 Å². The van der Waals surface area contributed by atoms with Gasteiger partial charge in [0.15, 0.2) is 0 Å². The van der Waals surface area contributed by atoms with E-state index in [4.69, 9.17) is 10.5 Å². The summed E-state index contributed by atoms with van der Waals surface area (Å²) in [4.78, 5) is 22.9. The van der Waals surface area contributed by atoms with E-state index in [1.807, 2.05) is 0 Å². The predicted molar refractivity (Wildman–Crippen MR) is 57.3 cm³/mol. The molecular formula is C11H19NO4. The van der Waals surface area contributed by atoms with Crippen molar-refractivity contribution in [2.75, 3.05) is 0 Å². The van der Waals surface area contributed by atoms with Crippen LogP contribution in [0.2, 0.25) is 0 Å². The number of hydrogen-bond acceptors (Lipinski definition) is 4. The summed E-state index contributed by atoms with van der Waals surface area (Å²) in [6, 6.07) is 0. The highest BCUT2D eigenvalue weighted by atomic mass is 16.6. The van der Waals surface area contributed by atoms with Crippen LogP contribution in [0, 0.1) is 11.8 Å². The van der Waals surface area contributed by atoms with Gasteiger partial charge in [0.05, 0.1) is 17.9 Å². The molecule has 0 aromatic carbocycles. The molecule has 1 aliphatic rings. The van der Waals surface area contributed by atoms with E-state index in [1.165, 1.54) is 0 Å². The Kier molecular flexibility index (Phi) is 3.57. The lowest BCUT2D eigenvalue weighted by Crippen LogP contribution is -2.35. The van der Waals surface area contributed by atoms with Crippen LogP contribution in [0.4, 0.5) is 0 Å². The second kappa shape index (κ2) is 4.41. The Hall–Kier alpha value is -1.10. The summed E-state index contributed by atoms with van der Waals surface area (Å²) in [5.41, 5.74) is 4.60. The van der Waals surface area contributed by atoms with E-state index in [1.54, 1.807) is 20.8 Å². The largest absolute Gasteiger partial charge is 0.460 e. The van der Waals surface area contributed by atoms with Gasteiger partial charge in [0.25, 0.3) is 0 Å². The molecule has 16 heavy (non-hydrogen) atoms. The Balaban J connectivity index is 2.71. The maximum Gasteiger partial charge on any atom is 0.310 e. The number of aliphatic hydroxyl groups is 1. The van der Waals surface area contributed by atoms with Gasteiger partial charge in [-0.1, -0.05) is 0 Å².